The highest BCUT2D eigenvalue weighted by Crippen LogP contribution is 2.47. The van der Waals surface area contributed by atoms with Gasteiger partial charge in [-0.25, -0.2) is 9.59 Å². The van der Waals surface area contributed by atoms with E-state index >= 15 is 0 Å². The Labute approximate surface area is 400 Å². The Balaban J connectivity index is 1.06. The van der Waals surface area contributed by atoms with Gasteiger partial charge in [0.2, 0.25) is 0 Å². The highest BCUT2D eigenvalue weighted by molar-refractivity contribution is 7.02. The Kier molecular flexibility index (Phi) is 8.49. The predicted octanol–water partition coefficient (Wildman–Crippen LogP) is 9.36. The molecule has 0 aromatic heterocycles. The molecule has 69 heavy (non-hydrogen) atoms. The molecule has 10 aromatic rings. The molecule has 14 rings (SSSR count). The van der Waals surface area contributed by atoms with Crippen LogP contribution in [0.15, 0.2) is 158 Å². The number of aryl methyl sites for hydroxylation is 1. The van der Waals surface area contributed by atoms with E-state index in [1.165, 1.54) is 48.4 Å². The van der Waals surface area contributed by atoms with Crippen molar-refractivity contribution in [3.63, 3.8) is 0 Å². The maximum absolute atomic E-state index is 14.2. The molecule has 9 heteroatoms. The average Bonchev–Trinajstić information content (AvgIpc) is 3.37. The van der Waals surface area contributed by atoms with Gasteiger partial charge >= 0.3 is 11.9 Å². The monoisotopic (exact) mass is 908 g/mol. The van der Waals surface area contributed by atoms with Crippen LogP contribution >= 0.6 is 0 Å². The lowest BCUT2D eigenvalue weighted by Gasteiger charge is -2.38. The summed E-state index contributed by atoms with van der Waals surface area (Å²) >= 11 is 0. The lowest BCUT2D eigenvalue weighted by Crippen LogP contribution is -2.58. The average molecular weight is 909 g/mol. The standard InChI is InChI=1S/C60H42B2O6Si/c1-33-23-39-41-24-36(59(63)65-31-34-15-7-5-8-16-34)26-50-57(41)62(45-20-12-14-22-49(45)67-50)47-29-43-52(69(2,3)4)30-40-42-25-37(60(64)66-32-35-17-9-6-10-18-35)27-51-58(42)61(44-19-11-13-21-48(44)68-51)46-28-38(33)55(53(39)47)56(43)54(40)46/h5-30H,31-32H2,1-4H3. The quantitative estimate of drug-likeness (QED) is 0.0903. The topological polar surface area (TPSA) is 71.1 Å². The first kappa shape index (κ1) is 40.2. The molecule has 0 atom stereocenters. The number of fused-ring (bicyclic) bond motifs is 8. The highest BCUT2D eigenvalue weighted by atomic mass is 28.3. The smallest absolute Gasteiger partial charge is 0.338 e. The maximum atomic E-state index is 14.2. The summed E-state index contributed by atoms with van der Waals surface area (Å²) in [5, 5.41) is 8.71. The molecule has 0 fully saturated rings. The molecule has 10 aromatic carbocycles. The zero-order chi connectivity index (χ0) is 46.4. The molecule has 0 saturated carbocycles. The summed E-state index contributed by atoms with van der Waals surface area (Å²) in [5.41, 5.74) is 14.9. The van der Waals surface area contributed by atoms with Crippen molar-refractivity contribution in [1.29, 1.82) is 0 Å². The van der Waals surface area contributed by atoms with Crippen LogP contribution in [0.5, 0.6) is 23.0 Å². The third-order valence-corrected chi connectivity index (χ3v) is 17.1. The summed E-state index contributed by atoms with van der Waals surface area (Å²) in [6.07, 6.45) is 0. The van der Waals surface area contributed by atoms with E-state index < -0.39 is 20.0 Å². The van der Waals surface area contributed by atoms with Gasteiger partial charge in [-0.05, 0) is 136 Å². The first-order valence-electron chi connectivity index (χ1n) is 23.7. The molecule has 4 aliphatic rings. The van der Waals surface area contributed by atoms with Crippen LogP contribution in [0.2, 0.25) is 19.6 Å². The second kappa shape index (κ2) is 14.6. The summed E-state index contributed by atoms with van der Waals surface area (Å²) in [4.78, 5) is 28.3. The third kappa shape index (κ3) is 5.86. The van der Waals surface area contributed by atoms with E-state index in [0.29, 0.717) is 22.6 Å². The first-order chi connectivity index (χ1) is 33.6. The number of hydrogen-bond acceptors (Lipinski definition) is 6. The molecule has 4 heterocycles. The minimum atomic E-state index is -2.12. The normalized spacial score (nSPS) is 13.3. The van der Waals surface area contributed by atoms with Crippen molar-refractivity contribution >= 4 is 104 Å². The van der Waals surface area contributed by atoms with Crippen LogP contribution in [0.4, 0.5) is 0 Å². The summed E-state index contributed by atoms with van der Waals surface area (Å²) in [6.45, 7) is 9.57. The summed E-state index contributed by atoms with van der Waals surface area (Å²) in [7, 11) is -2.12. The second-order valence-corrected chi connectivity index (χ2v) is 25.2. The number of hydrogen-bond donors (Lipinski definition) is 0. The van der Waals surface area contributed by atoms with Crippen molar-refractivity contribution in [3.05, 3.63) is 186 Å². The Morgan fingerprint density at radius 3 is 1.42 bits per heavy atom. The Bertz CT molecular complexity index is 3900. The minimum Gasteiger partial charge on any atom is -0.458 e. The van der Waals surface area contributed by atoms with Crippen LogP contribution in [-0.4, -0.2) is 33.4 Å². The molecule has 0 bridgehead atoms. The van der Waals surface area contributed by atoms with E-state index in [1.54, 1.807) is 0 Å². The van der Waals surface area contributed by atoms with Gasteiger partial charge < -0.3 is 18.9 Å². The number of esters is 2. The van der Waals surface area contributed by atoms with Gasteiger partial charge in [0, 0.05) is 0 Å². The van der Waals surface area contributed by atoms with Gasteiger partial charge in [-0.2, -0.15) is 0 Å². The van der Waals surface area contributed by atoms with Gasteiger partial charge in [0.15, 0.2) is 0 Å². The highest BCUT2D eigenvalue weighted by Gasteiger charge is 2.45. The molecule has 0 radical (unpaired) electrons. The molecule has 0 N–H and O–H groups in total. The molecular weight excluding hydrogens is 866 g/mol. The number of para-hydroxylation sites is 2. The molecule has 328 valence electrons. The number of carbonyl (C=O) groups excluding carboxylic acids is 2. The van der Waals surface area contributed by atoms with E-state index in [-0.39, 0.29) is 26.6 Å². The lowest BCUT2D eigenvalue weighted by atomic mass is 9.32. The number of rotatable bonds is 7. The Morgan fingerprint density at radius 1 is 0.464 bits per heavy atom. The van der Waals surface area contributed by atoms with Crippen LogP contribution in [0.25, 0.3) is 54.6 Å². The van der Waals surface area contributed by atoms with Crippen LogP contribution in [0, 0.1) is 6.92 Å². The van der Waals surface area contributed by atoms with Gasteiger partial charge in [0.25, 0.3) is 13.4 Å². The fraction of sp³-hybridized carbons (Fsp3) is 0.100. The molecule has 0 spiro atoms. The van der Waals surface area contributed by atoms with E-state index in [0.717, 1.165) is 72.3 Å². The zero-order valence-corrected chi connectivity index (χ0v) is 39.5. The Hall–Kier alpha value is -7.87. The van der Waals surface area contributed by atoms with Gasteiger partial charge in [0.05, 0.1) is 19.2 Å². The maximum Gasteiger partial charge on any atom is 0.338 e. The van der Waals surface area contributed by atoms with Crippen LogP contribution in [-0.2, 0) is 22.7 Å². The summed E-state index contributed by atoms with van der Waals surface area (Å²) in [5.74, 6) is 2.14. The third-order valence-electron chi connectivity index (χ3n) is 15.0. The number of carbonyl (C=O) groups is 2. The number of benzene rings is 10. The van der Waals surface area contributed by atoms with Crippen molar-refractivity contribution < 1.29 is 28.5 Å². The van der Waals surface area contributed by atoms with Crippen molar-refractivity contribution in [2.24, 2.45) is 0 Å². The van der Waals surface area contributed by atoms with Gasteiger partial charge in [0.1, 0.15) is 36.2 Å². The SMILES string of the molecule is Cc1cc2c3c(cc4c([Si](C)(C)C)cc5c6c(cc1c3c46)B1c3ccccc3Oc3cc(C(=O)OCc4ccccc4)cc-5c31)B1c3ccccc3Oc3cc(C(=O)OCc4ccccc4)cc-2c31. The van der Waals surface area contributed by atoms with Gasteiger partial charge in [-0.3, -0.25) is 0 Å². The molecular formula is C60H42B2O6Si. The molecule has 4 aliphatic heterocycles. The first-order valence-corrected chi connectivity index (χ1v) is 27.2. The lowest BCUT2D eigenvalue weighted by molar-refractivity contribution is 0.0464. The second-order valence-electron chi connectivity index (χ2n) is 20.1. The van der Waals surface area contributed by atoms with Crippen molar-refractivity contribution in [3.8, 4) is 45.3 Å². The summed E-state index contributed by atoms with van der Waals surface area (Å²) < 4.78 is 25.6. The van der Waals surface area contributed by atoms with Gasteiger partial charge in [-0.1, -0.05) is 157 Å². The van der Waals surface area contributed by atoms with E-state index in [2.05, 4.69) is 81.2 Å². The molecule has 0 saturated heterocycles. The molecule has 0 amide bonds. The van der Waals surface area contributed by atoms with E-state index in [9.17, 15) is 9.59 Å². The van der Waals surface area contributed by atoms with E-state index in [4.69, 9.17) is 18.9 Å². The molecule has 0 unspecified atom stereocenters. The predicted molar refractivity (Wildman–Crippen MR) is 282 cm³/mol. The van der Waals surface area contributed by atoms with Crippen molar-refractivity contribution in [2.45, 2.75) is 39.8 Å². The Morgan fingerprint density at radius 2 is 0.913 bits per heavy atom. The fourth-order valence-electron chi connectivity index (χ4n) is 12.1. The largest absolute Gasteiger partial charge is 0.458 e. The van der Waals surface area contributed by atoms with Crippen LogP contribution in [0.1, 0.15) is 37.4 Å². The number of ether oxygens (including phenoxy) is 4. The van der Waals surface area contributed by atoms with E-state index in [1.807, 2.05) is 103 Å². The van der Waals surface area contributed by atoms with Crippen LogP contribution < -0.4 is 47.4 Å². The summed E-state index contributed by atoms with van der Waals surface area (Å²) in [6, 6.07) is 53.9. The minimum absolute atomic E-state index is 0.146. The van der Waals surface area contributed by atoms with Gasteiger partial charge in [-0.15, -0.1) is 0 Å². The van der Waals surface area contributed by atoms with Crippen molar-refractivity contribution in [2.75, 3.05) is 0 Å². The van der Waals surface area contributed by atoms with Crippen LogP contribution in [0.3, 0.4) is 0 Å². The van der Waals surface area contributed by atoms with Crippen molar-refractivity contribution in [1.82, 2.24) is 0 Å². The zero-order valence-electron chi connectivity index (χ0n) is 38.5. The fourth-order valence-corrected chi connectivity index (χ4v) is 13.7. The molecule has 0 aliphatic carbocycles. The molecule has 6 nitrogen and oxygen atoms in total.